The molecule has 0 atom stereocenters. The Morgan fingerprint density at radius 3 is 3.06 bits per heavy atom. The van der Waals surface area contributed by atoms with Gasteiger partial charge >= 0.3 is 0 Å². The van der Waals surface area contributed by atoms with Crippen LogP contribution in [0.2, 0.25) is 0 Å². The van der Waals surface area contributed by atoms with Crippen LogP contribution in [0.3, 0.4) is 0 Å². The average molecular weight is 232 g/mol. The number of hydrogen-bond donors (Lipinski definition) is 1. The van der Waals surface area contributed by atoms with E-state index in [4.69, 9.17) is 10.3 Å². The summed E-state index contributed by atoms with van der Waals surface area (Å²) >= 11 is 1.56. The highest BCUT2D eigenvalue weighted by Crippen LogP contribution is 2.38. The largest absolute Gasteiger partial charge is 0.395 e. The normalized spacial score (nSPS) is 11.1. The molecule has 0 aliphatic heterocycles. The van der Waals surface area contributed by atoms with E-state index in [2.05, 4.69) is 15.4 Å². The molecule has 6 heteroatoms. The molecule has 0 aliphatic rings. The smallest absolute Gasteiger partial charge is 0.201 e. The molecule has 0 amide bonds. The molecule has 0 saturated carbocycles. The van der Waals surface area contributed by atoms with Gasteiger partial charge in [-0.1, -0.05) is 5.16 Å². The number of nitrogens with zero attached hydrogens (tertiary/aromatic N) is 3. The second kappa shape index (κ2) is 3.28. The van der Waals surface area contributed by atoms with Crippen molar-refractivity contribution in [1.82, 2.24) is 15.4 Å². The molecule has 3 rings (SSSR count). The summed E-state index contributed by atoms with van der Waals surface area (Å²) in [5.41, 5.74) is 8.57. The lowest BCUT2D eigenvalue weighted by Gasteiger charge is -1.90. The van der Waals surface area contributed by atoms with Gasteiger partial charge in [-0.2, -0.15) is 5.10 Å². The van der Waals surface area contributed by atoms with Crippen molar-refractivity contribution in [3.8, 4) is 11.4 Å². The fourth-order valence-electron chi connectivity index (χ4n) is 1.51. The lowest BCUT2D eigenvalue weighted by atomic mass is 10.3. The second-order valence-corrected chi connectivity index (χ2v) is 4.59. The SMILES string of the molecule is Cc1sc2c(-c3cccnn3)noc2c1N. The number of rotatable bonds is 1. The number of nitrogens with two attached hydrogens (primary N) is 1. The van der Waals surface area contributed by atoms with Crippen molar-refractivity contribution in [2.75, 3.05) is 5.73 Å². The maximum absolute atomic E-state index is 5.87. The molecule has 0 aromatic carbocycles. The molecule has 3 aromatic heterocycles. The van der Waals surface area contributed by atoms with Gasteiger partial charge < -0.3 is 10.3 Å². The lowest BCUT2D eigenvalue weighted by molar-refractivity contribution is 0.460. The van der Waals surface area contributed by atoms with Crippen molar-refractivity contribution in [3.05, 3.63) is 23.2 Å². The van der Waals surface area contributed by atoms with Gasteiger partial charge in [0.2, 0.25) is 5.58 Å². The summed E-state index contributed by atoms with van der Waals surface area (Å²) < 4.78 is 6.15. The first-order valence-corrected chi connectivity index (χ1v) is 5.51. The number of anilines is 1. The Labute approximate surface area is 94.9 Å². The minimum atomic E-state index is 0.642. The molecule has 80 valence electrons. The Morgan fingerprint density at radius 1 is 1.44 bits per heavy atom. The van der Waals surface area contributed by atoms with Crippen molar-refractivity contribution < 1.29 is 4.52 Å². The first kappa shape index (κ1) is 9.29. The summed E-state index contributed by atoms with van der Waals surface area (Å²) in [5, 5.41) is 11.8. The van der Waals surface area contributed by atoms with E-state index in [0.29, 0.717) is 22.7 Å². The van der Waals surface area contributed by atoms with E-state index in [9.17, 15) is 0 Å². The van der Waals surface area contributed by atoms with Crippen LogP contribution in [-0.4, -0.2) is 15.4 Å². The summed E-state index contributed by atoms with van der Waals surface area (Å²) in [6.07, 6.45) is 1.62. The second-order valence-electron chi connectivity index (χ2n) is 3.37. The topological polar surface area (TPSA) is 77.8 Å². The van der Waals surface area contributed by atoms with E-state index >= 15 is 0 Å². The van der Waals surface area contributed by atoms with Crippen molar-refractivity contribution in [2.45, 2.75) is 6.92 Å². The summed E-state index contributed by atoms with van der Waals surface area (Å²) in [7, 11) is 0. The molecule has 16 heavy (non-hydrogen) atoms. The van der Waals surface area contributed by atoms with Gasteiger partial charge in [-0.15, -0.1) is 16.4 Å². The molecule has 0 saturated heterocycles. The van der Waals surface area contributed by atoms with Crippen LogP contribution < -0.4 is 5.73 Å². The summed E-state index contributed by atoms with van der Waals surface area (Å²) in [4.78, 5) is 1.03. The Bertz CT molecular complexity index is 643. The van der Waals surface area contributed by atoms with Gasteiger partial charge in [-0.25, -0.2) is 0 Å². The van der Waals surface area contributed by atoms with Crippen LogP contribution in [0, 0.1) is 6.92 Å². The van der Waals surface area contributed by atoms with Gasteiger partial charge in [-0.05, 0) is 19.1 Å². The van der Waals surface area contributed by atoms with Crippen LogP contribution in [0.5, 0.6) is 0 Å². The van der Waals surface area contributed by atoms with Gasteiger partial charge in [0.25, 0.3) is 0 Å². The third-order valence-corrected chi connectivity index (χ3v) is 3.45. The molecule has 3 heterocycles. The van der Waals surface area contributed by atoms with Crippen molar-refractivity contribution in [1.29, 1.82) is 0 Å². The first-order chi connectivity index (χ1) is 7.77. The van der Waals surface area contributed by atoms with Crippen LogP contribution in [0.1, 0.15) is 4.88 Å². The first-order valence-electron chi connectivity index (χ1n) is 4.69. The van der Waals surface area contributed by atoms with Crippen LogP contribution >= 0.6 is 11.3 Å². The molecule has 0 radical (unpaired) electrons. The zero-order chi connectivity index (χ0) is 11.1. The van der Waals surface area contributed by atoms with Crippen molar-refractivity contribution in [3.63, 3.8) is 0 Å². The number of aromatic nitrogens is 3. The molecule has 3 aromatic rings. The maximum Gasteiger partial charge on any atom is 0.201 e. The third kappa shape index (κ3) is 1.20. The molecule has 0 spiro atoms. The molecular weight excluding hydrogens is 224 g/mol. The highest BCUT2D eigenvalue weighted by atomic mass is 32.1. The number of aryl methyl sites for hydroxylation is 1. The van der Waals surface area contributed by atoms with Gasteiger partial charge in [0.15, 0.2) is 5.69 Å². The lowest BCUT2D eigenvalue weighted by Crippen LogP contribution is -1.84. The van der Waals surface area contributed by atoms with Crippen LogP contribution in [0.4, 0.5) is 5.69 Å². The monoisotopic (exact) mass is 232 g/mol. The van der Waals surface area contributed by atoms with Crippen LogP contribution in [0.25, 0.3) is 21.7 Å². The van der Waals surface area contributed by atoms with Crippen molar-refractivity contribution >= 4 is 27.3 Å². The molecule has 0 fully saturated rings. The molecule has 2 N–H and O–H groups in total. The highest BCUT2D eigenvalue weighted by molar-refractivity contribution is 7.20. The van der Waals surface area contributed by atoms with Gasteiger partial charge in [0.05, 0.1) is 5.69 Å². The zero-order valence-corrected chi connectivity index (χ0v) is 9.28. The number of nitrogen functional groups attached to an aromatic ring is 1. The van der Waals surface area contributed by atoms with Gasteiger partial charge in [-0.3, -0.25) is 0 Å². The van der Waals surface area contributed by atoms with E-state index in [1.165, 1.54) is 0 Å². The molecule has 5 nitrogen and oxygen atoms in total. The van der Waals surface area contributed by atoms with Crippen molar-refractivity contribution in [2.24, 2.45) is 0 Å². The summed E-state index contributed by atoms with van der Waals surface area (Å²) in [6.45, 7) is 1.95. The number of thiophene rings is 1. The van der Waals surface area contributed by atoms with Crippen LogP contribution in [0.15, 0.2) is 22.9 Å². The predicted octanol–water partition coefficient (Wildman–Crippen LogP) is 2.24. The van der Waals surface area contributed by atoms with E-state index in [1.807, 2.05) is 19.1 Å². The molecule has 0 aliphatic carbocycles. The zero-order valence-electron chi connectivity index (χ0n) is 8.47. The molecule has 0 bridgehead atoms. The fraction of sp³-hybridized carbons (Fsp3) is 0.100. The Balaban J connectivity index is 2.29. The number of fused-ring (bicyclic) bond motifs is 1. The third-order valence-electron chi connectivity index (χ3n) is 2.34. The van der Waals surface area contributed by atoms with E-state index < -0.39 is 0 Å². The Kier molecular flexibility index (Phi) is 1.90. The maximum atomic E-state index is 5.87. The standard InChI is InChI=1S/C10H8N4OS/c1-5-7(11)9-10(16-5)8(14-15-9)6-3-2-4-12-13-6/h2-4H,11H2,1H3. The van der Waals surface area contributed by atoms with Crippen LogP contribution in [-0.2, 0) is 0 Å². The summed E-state index contributed by atoms with van der Waals surface area (Å²) in [5.74, 6) is 0. The quantitative estimate of drug-likeness (QED) is 0.696. The number of hydrogen-bond acceptors (Lipinski definition) is 6. The Morgan fingerprint density at radius 2 is 2.31 bits per heavy atom. The van der Waals surface area contributed by atoms with E-state index in [1.54, 1.807) is 17.5 Å². The highest BCUT2D eigenvalue weighted by Gasteiger charge is 2.17. The minimum absolute atomic E-state index is 0.642. The summed E-state index contributed by atoms with van der Waals surface area (Å²) in [6, 6.07) is 3.65. The van der Waals surface area contributed by atoms with E-state index in [0.717, 1.165) is 9.58 Å². The Hall–Kier alpha value is -1.95. The minimum Gasteiger partial charge on any atom is -0.395 e. The average Bonchev–Trinajstić information content (AvgIpc) is 2.83. The fourth-order valence-corrected chi connectivity index (χ4v) is 2.49. The predicted molar refractivity (Wildman–Crippen MR) is 62.1 cm³/mol. The molecule has 0 unspecified atom stereocenters. The van der Waals surface area contributed by atoms with Gasteiger partial charge in [0.1, 0.15) is 10.4 Å². The molecular formula is C10H8N4OS. The van der Waals surface area contributed by atoms with Gasteiger partial charge in [0, 0.05) is 11.1 Å². The van der Waals surface area contributed by atoms with E-state index in [-0.39, 0.29) is 0 Å².